The molecule has 0 atom stereocenters. The molecule has 0 radical (unpaired) electrons. The second kappa shape index (κ2) is 9.43. The van der Waals surface area contributed by atoms with Gasteiger partial charge in [-0.05, 0) is 48.7 Å². The predicted octanol–water partition coefficient (Wildman–Crippen LogP) is 5.13. The van der Waals surface area contributed by atoms with Crippen LogP contribution in [0.4, 0.5) is 4.39 Å². The first-order valence-corrected chi connectivity index (χ1v) is 12.6. The third-order valence-corrected chi connectivity index (χ3v) is 6.78. The van der Waals surface area contributed by atoms with Gasteiger partial charge in [-0.15, -0.1) is 0 Å². The topological polar surface area (TPSA) is 110 Å². The normalized spacial score (nSPS) is 13.3. The number of alkyl halides is 1. The summed E-state index contributed by atoms with van der Waals surface area (Å²) in [6.45, 7) is -0.157. The van der Waals surface area contributed by atoms with Gasteiger partial charge < -0.3 is 9.15 Å². The van der Waals surface area contributed by atoms with Crippen molar-refractivity contribution in [3.63, 3.8) is 0 Å². The van der Waals surface area contributed by atoms with E-state index in [2.05, 4.69) is 25.1 Å². The number of hydrogen-bond donors (Lipinski definition) is 0. The molecule has 5 aromatic heterocycles. The number of fused-ring (bicyclic) bond motifs is 1. The van der Waals surface area contributed by atoms with Gasteiger partial charge >= 0.3 is 0 Å². The molecule has 7 rings (SSSR count). The number of methoxy groups -OCH3 is 1. The Bertz CT molecular complexity index is 1770. The molecule has 194 valence electrons. The van der Waals surface area contributed by atoms with Gasteiger partial charge in [-0.1, -0.05) is 12.1 Å². The number of rotatable bonds is 8. The molecule has 1 aliphatic rings. The minimum atomic E-state index is -0.655. The zero-order chi connectivity index (χ0) is 26.3. The summed E-state index contributed by atoms with van der Waals surface area (Å²) in [5.41, 5.74) is 5.20. The van der Waals surface area contributed by atoms with E-state index in [9.17, 15) is 4.39 Å². The highest BCUT2D eigenvalue weighted by Crippen LogP contribution is 2.44. The lowest BCUT2D eigenvalue weighted by Crippen LogP contribution is -2.06. The third-order valence-electron chi connectivity index (χ3n) is 6.78. The highest BCUT2D eigenvalue weighted by atomic mass is 19.1. The van der Waals surface area contributed by atoms with Crippen LogP contribution in [0.25, 0.3) is 39.6 Å². The molecule has 1 saturated carbocycles. The quantitative estimate of drug-likeness (QED) is 0.271. The summed E-state index contributed by atoms with van der Waals surface area (Å²) >= 11 is 0. The highest BCUT2D eigenvalue weighted by Gasteiger charge is 2.31. The molecule has 0 spiro atoms. The first kappa shape index (κ1) is 23.2. The summed E-state index contributed by atoms with van der Waals surface area (Å²) in [6, 6.07) is 13.2. The van der Waals surface area contributed by atoms with Crippen molar-refractivity contribution in [2.75, 3.05) is 7.11 Å². The number of nitrogens with zero attached hydrogens (tertiary/aromatic N) is 8. The summed E-state index contributed by atoms with van der Waals surface area (Å²) in [4.78, 5) is 18.3. The molecule has 0 saturated heterocycles. The van der Waals surface area contributed by atoms with E-state index < -0.39 is 6.67 Å². The molecule has 0 amide bonds. The Balaban J connectivity index is 1.21. The Morgan fingerprint density at radius 2 is 1.95 bits per heavy atom. The van der Waals surface area contributed by atoms with Crippen molar-refractivity contribution in [1.29, 1.82) is 0 Å². The third kappa shape index (κ3) is 4.21. The molecular formula is C28H23FN8O2. The number of aromatic nitrogens is 8. The summed E-state index contributed by atoms with van der Waals surface area (Å²) < 4.78 is 28.0. The predicted molar refractivity (Wildman–Crippen MR) is 140 cm³/mol. The molecule has 39 heavy (non-hydrogen) atoms. The number of hydrogen-bond acceptors (Lipinski definition) is 8. The standard InChI is InChI=1S/C28H23FN8O2/c1-38-28-24(25(18-6-7-18)31-16-32-28)26-30-13-19-14-33-36(27(19)34-26)15-17-4-8-21(9-5-17)37-22(11-20(12-29)35-37)23-3-2-10-39-23/h2-5,8-11,13-14,16,18H,6-7,12,15H2,1H3. The Labute approximate surface area is 222 Å². The van der Waals surface area contributed by atoms with Gasteiger partial charge in [-0.3, -0.25) is 0 Å². The summed E-state index contributed by atoms with van der Waals surface area (Å²) in [7, 11) is 1.59. The fourth-order valence-corrected chi connectivity index (χ4v) is 4.72. The largest absolute Gasteiger partial charge is 0.480 e. The fourth-order valence-electron chi connectivity index (χ4n) is 4.72. The number of benzene rings is 1. The van der Waals surface area contributed by atoms with Gasteiger partial charge in [0.1, 0.15) is 24.3 Å². The smallest absolute Gasteiger partial charge is 0.227 e. The second-order valence-corrected chi connectivity index (χ2v) is 9.40. The lowest BCUT2D eigenvalue weighted by molar-refractivity contribution is 0.397. The van der Waals surface area contributed by atoms with Crippen molar-refractivity contribution in [3.8, 4) is 34.4 Å². The van der Waals surface area contributed by atoms with Crippen molar-refractivity contribution in [1.82, 2.24) is 39.5 Å². The molecule has 1 fully saturated rings. The van der Waals surface area contributed by atoms with E-state index in [1.54, 1.807) is 42.6 Å². The van der Waals surface area contributed by atoms with Crippen LogP contribution in [0, 0.1) is 0 Å². The Morgan fingerprint density at radius 3 is 2.69 bits per heavy atom. The van der Waals surface area contributed by atoms with Crippen molar-refractivity contribution < 1.29 is 13.5 Å². The Morgan fingerprint density at radius 1 is 1.08 bits per heavy atom. The molecule has 10 nitrogen and oxygen atoms in total. The van der Waals surface area contributed by atoms with Gasteiger partial charge in [0.25, 0.3) is 0 Å². The number of halogens is 1. The van der Waals surface area contributed by atoms with Crippen molar-refractivity contribution in [3.05, 3.63) is 84.4 Å². The van der Waals surface area contributed by atoms with E-state index in [0.29, 0.717) is 47.0 Å². The summed E-state index contributed by atoms with van der Waals surface area (Å²) in [6.07, 6.45) is 8.80. The van der Waals surface area contributed by atoms with Gasteiger partial charge in [-0.2, -0.15) is 10.2 Å². The maximum Gasteiger partial charge on any atom is 0.227 e. The average molecular weight is 523 g/mol. The Kier molecular flexibility index (Phi) is 5.61. The van der Waals surface area contributed by atoms with Crippen molar-refractivity contribution in [2.24, 2.45) is 0 Å². The van der Waals surface area contributed by atoms with Gasteiger partial charge in [0.2, 0.25) is 5.88 Å². The van der Waals surface area contributed by atoms with E-state index in [4.69, 9.17) is 14.1 Å². The van der Waals surface area contributed by atoms with E-state index in [0.717, 1.165) is 40.7 Å². The summed E-state index contributed by atoms with van der Waals surface area (Å²) in [5.74, 6) is 1.99. The van der Waals surface area contributed by atoms with Crippen LogP contribution in [0.2, 0.25) is 0 Å². The maximum atomic E-state index is 13.4. The SMILES string of the molecule is COc1ncnc(C2CC2)c1-c1ncc2cnn(Cc3ccc(-n4nc(CF)cc4-c4ccco4)cc3)c2n1. The van der Waals surface area contributed by atoms with E-state index in [1.165, 1.54) is 6.33 Å². The highest BCUT2D eigenvalue weighted by molar-refractivity contribution is 5.77. The zero-order valence-electron chi connectivity index (χ0n) is 21.0. The van der Waals surface area contributed by atoms with E-state index in [1.807, 2.05) is 35.0 Å². The molecule has 1 aliphatic carbocycles. The average Bonchev–Trinajstić information content (AvgIpc) is 3.34. The summed E-state index contributed by atoms with van der Waals surface area (Å²) in [5, 5.41) is 9.80. The number of ether oxygens (including phenoxy) is 1. The lowest BCUT2D eigenvalue weighted by atomic mass is 10.1. The second-order valence-electron chi connectivity index (χ2n) is 9.40. The van der Waals surface area contributed by atoms with Gasteiger partial charge in [0, 0.05) is 12.1 Å². The molecule has 11 heteroatoms. The zero-order valence-corrected chi connectivity index (χ0v) is 21.0. The van der Waals surface area contributed by atoms with Crippen molar-refractivity contribution in [2.45, 2.75) is 32.0 Å². The maximum absolute atomic E-state index is 13.4. The lowest BCUT2D eigenvalue weighted by Gasteiger charge is -2.11. The Hall–Kier alpha value is -4.93. The van der Waals surface area contributed by atoms with Gasteiger partial charge in [-0.25, -0.2) is 33.7 Å². The monoisotopic (exact) mass is 522 g/mol. The van der Waals surface area contributed by atoms with Crippen LogP contribution >= 0.6 is 0 Å². The number of furan rings is 1. The van der Waals surface area contributed by atoms with Crippen LogP contribution in [0.1, 0.15) is 35.7 Å². The van der Waals surface area contributed by atoms with Gasteiger partial charge in [0.15, 0.2) is 17.2 Å². The minimum Gasteiger partial charge on any atom is -0.480 e. The van der Waals surface area contributed by atoms with Crippen LogP contribution in [-0.2, 0) is 13.2 Å². The molecule has 1 aromatic carbocycles. The molecule has 0 unspecified atom stereocenters. The van der Waals surface area contributed by atoms with Crippen LogP contribution < -0.4 is 4.74 Å². The van der Waals surface area contributed by atoms with Crippen LogP contribution in [-0.4, -0.2) is 46.6 Å². The van der Waals surface area contributed by atoms with E-state index >= 15 is 0 Å². The molecule has 0 N–H and O–H groups in total. The minimum absolute atomic E-state index is 0.342. The van der Waals surface area contributed by atoms with Gasteiger partial charge in [0.05, 0.1) is 48.6 Å². The first-order chi connectivity index (χ1) is 19.2. The van der Waals surface area contributed by atoms with Crippen LogP contribution in [0.3, 0.4) is 0 Å². The van der Waals surface area contributed by atoms with Crippen LogP contribution in [0.15, 0.2) is 71.9 Å². The molecule has 0 bridgehead atoms. The molecular weight excluding hydrogens is 499 g/mol. The van der Waals surface area contributed by atoms with Crippen molar-refractivity contribution >= 4 is 11.0 Å². The van der Waals surface area contributed by atoms with Crippen LogP contribution in [0.5, 0.6) is 5.88 Å². The molecule has 6 aromatic rings. The first-order valence-electron chi connectivity index (χ1n) is 12.6. The van der Waals surface area contributed by atoms with E-state index in [-0.39, 0.29) is 0 Å². The molecule has 5 heterocycles. The molecule has 0 aliphatic heterocycles. The fraction of sp³-hybridized carbons (Fsp3) is 0.214.